The van der Waals surface area contributed by atoms with Crippen molar-refractivity contribution < 1.29 is 28.7 Å². The summed E-state index contributed by atoms with van der Waals surface area (Å²) in [5.74, 6) is -0.468. The molecule has 14 nitrogen and oxygen atoms in total. The first-order chi connectivity index (χ1) is 28.1. The van der Waals surface area contributed by atoms with Crippen LogP contribution in [0.25, 0.3) is 0 Å². The van der Waals surface area contributed by atoms with Gasteiger partial charge in [-0.15, -0.1) is 22.7 Å². The molecule has 2 aliphatic rings. The SMILES string of the molecule is CC(C)c1nc(CN(C)C(=O)NC2(C(=O)N/C(=C/C[C@H](Cc3ccccc3)NC(=O)OCc3cncs3)Cc3ccccc3)CC2CNC(=O)N2CCOCC2)cs1. The number of hydrogen-bond donors (Lipinski definition) is 4. The third-order valence-electron chi connectivity index (χ3n) is 10.1. The summed E-state index contributed by atoms with van der Waals surface area (Å²) in [6.45, 7) is 6.63. The van der Waals surface area contributed by atoms with Gasteiger partial charge in [-0.2, -0.15) is 0 Å². The van der Waals surface area contributed by atoms with E-state index in [-0.39, 0.29) is 49.5 Å². The minimum absolute atomic E-state index is 0.111. The zero-order valence-corrected chi connectivity index (χ0v) is 34.8. The topological polar surface area (TPSA) is 167 Å². The van der Waals surface area contributed by atoms with Crippen LogP contribution in [0, 0.1) is 5.92 Å². The molecule has 4 aromatic rings. The van der Waals surface area contributed by atoms with Crippen LogP contribution in [-0.4, -0.2) is 95.3 Å². The molecule has 4 N–H and O–H groups in total. The van der Waals surface area contributed by atoms with Gasteiger partial charge in [-0.25, -0.2) is 19.4 Å². The molecular formula is C42H52N8O6S2. The van der Waals surface area contributed by atoms with E-state index in [1.54, 1.807) is 35.0 Å². The Bertz CT molecular complexity index is 1990. The summed E-state index contributed by atoms with van der Waals surface area (Å²) in [7, 11) is 1.68. The number of hydrogen-bond acceptors (Lipinski definition) is 10. The molecule has 2 aromatic carbocycles. The Morgan fingerprint density at radius 3 is 2.43 bits per heavy atom. The predicted octanol–water partition coefficient (Wildman–Crippen LogP) is 5.84. The lowest BCUT2D eigenvalue weighted by atomic mass is 10.0. The second-order valence-electron chi connectivity index (χ2n) is 14.9. The fraction of sp³-hybridized carbons (Fsp3) is 0.429. The molecule has 1 saturated carbocycles. The molecule has 58 heavy (non-hydrogen) atoms. The van der Waals surface area contributed by atoms with E-state index < -0.39 is 17.7 Å². The van der Waals surface area contributed by atoms with Crippen molar-refractivity contribution >= 4 is 46.7 Å². The molecule has 2 aromatic heterocycles. The second kappa shape index (κ2) is 20.4. The minimum atomic E-state index is -1.28. The van der Waals surface area contributed by atoms with E-state index in [1.165, 1.54) is 16.2 Å². The van der Waals surface area contributed by atoms with Crippen LogP contribution < -0.4 is 21.3 Å². The average Bonchev–Trinajstić information content (AvgIpc) is 3.52. The number of benzene rings is 2. The summed E-state index contributed by atoms with van der Waals surface area (Å²) in [5.41, 5.74) is 3.79. The van der Waals surface area contributed by atoms with Gasteiger partial charge in [0.05, 0.1) is 40.8 Å². The van der Waals surface area contributed by atoms with E-state index in [9.17, 15) is 19.2 Å². The molecule has 6 rings (SSSR count). The lowest BCUT2D eigenvalue weighted by molar-refractivity contribution is -0.123. The summed E-state index contributed by atoms with van der Waals surface area (Å²) in [6.07, 6.45) is 4.66. The van der Waals surface area contributed by atoms with Gasteiger partial charge < -0.3 is 40.5 Å². The molecule has 6 amide bonds. The molecule has 16 heteroatoms. The van der Waals surface area contributed by atoms with Crippen molar-refractivity contribution in [3.63, 3.8) is 0 Å². The molecule has 308 valence electrons. The van der Waals surface area contributed by atoms with Crippen LogP contribution in [0.4, 0.5) is 14.4 Å². The minimum Gasteiger partial charge on any atom is -0.444 e. The number of urea groups is 2. The predicted molar refractivity (Wildman–Crippen MR) is 223 cm³/mol. The highest BCUT2D eigenvalue weighted by molar-refractivity contribution is 7.09. The maximum absolute atomic E-state index is 14.6. The van der Waals surface area contributed by atoms with E-state index in [1.807, 2.05) is 72.1 Å². The van der Waals surface area contributed by atoms with E-state index in [2.05, 4.69) is 45.1 Å². The van der Waals surface area contributed by atoms with Crippen LogP contribution in [0.1, 0.15) is 59.3 Å². The standard InChI is InChI=1S/C42H52N8O6S2/c1-29(2)37-45-35(27-57-37)25-49(3)40(53)48-42(22-32(42)23-44-39(52)50-16-18-55-19-17-50)38(51)46-33(20-30-10-6-4-7-11-30)14-15-34(21-31-12-8-5-9-13-31)47-41(54)56-26-36-24-43-28-58-36/h4-14,24,27-29,32,34H,15-23,25-26H2,1-3H3,(H,44,52)(H,46,51)(H,47,54)(H,48,53)/b33-14+/t32?,34-,42?/m1/s1. The van der Waals surface area contributed by atoms with Gasteiger partial charge in [0.15, 0.2) is 0 Å². The van der Waals surface area contributed by atoms with Crippen LogP contribution >= 0.6 is 22.7 Å². The van der Waals surface area contributed by atoms with Crippen molar-refractivity contribution in [2.24, 2.45) is 5.92 Å². The summed E-state index contributed by atoms with van der Waals surface area (Å²) in [4.78, 5) is 67.2. The quantitative estimate of drug-likeness (QED) is 0.103. The van der Waals surface area contributed by atoms with Gasteiger partial charge in [0, 0.05) is 68.3 Å². The number of alkyl carbamates (subject to hydrolysis) is 1. The van der Waals surface area contributed by atoms with Gasteiger partial charge in [0.1, 0.15) is 12.1 Å². The molecule has 3 heterocycles. The van der Waals surface area contributed by atoms with Crippen molar-refractivity contribution in [2.75, 3.05) is 39.9 Å². The Balaban J connectivity index is 1.20. The molecule has 0 spiro atoms. The van der Waals surface area contributed by atoms with Crippen LogP contribution in [0.2, 0.25) is 0 Å². The Hall–Kier alpha value is -5.32. The van der Waals surface area contributed by atoms with Crippen molar-refractivity contribution in [1.29, 1.82) is 0 Å². The maximum Gasteiger partial charge on any atom is 0.407 e. The Labute approximate surface area is 347 Å². The van der Waals surface area contributed by atoms with Crippen LogP contribution in [0.5, 0.6) is 0 Å². The highest BCUT2D eigenvalue weighted by Crippen LogP contribution is 2.44. The number of carbonyl (C=O) groups excluding carboxylic acids is 4. The van der Waals surface area contributed by atoms with E-state index >= 15 is 0 Å². The third kappa shape index (κ3) is 12.1. The van der Waals surface area contributed by atoms with Crippen LogP contribution in [0.15, 0.2) is 89.5 Å². The van der Waals surface area contributed by atoms with Crippen molar-refractivity contribution in [2.45, 2.75) is 70.2 Å². The van der Waals surface area contributed by atoms with Gasteiger partial charge in [0.2, 0.25) is 5.91 Å². The molecule has 2 fully saturated rings. The Morgan fingerprint density at radius 2 is 1.76 bits per heavy atom. The van der Waals surface area contributed by atoms with Crippen molar-refractivity contribution in [1.82, 2.24) is 41.0 Å². The maximum atomic E-state index is 14.6. The summed E-state index contributed by atoms with van der Waals surface area (Å²) >= 11 is 2.97. The van der Waals surface area contributed by atoms with E-state index in [0.717, 1.165) is 26.7 Å². The normalized spacial score (nSPS) is 18.2. The number of aromatic nitrogens is 2. The highest BCUT2D eigenvalue weighted by atomic mass is 32.1. The van der Waals surface area contributed by atoms with E-state index in [0.29, 0.717) is 57.7 Å². The lowest BCUT2D eigenvalue weighted by Gasteiger charge is -2.27. The number of thiazole rings is 2. The fourth-order valence-electron chi connectivity index (χ4n) is 6.69. The average molecular weight is 829 g/mol. The first kappa shape index (κ1) is 42.3. The largest absolute Gasteiger partial charge is 0.444 e. The van der Waals surface area contributed by atoms with Crippen molar-refractivity contribution in [3.05, 3.63) is 116 Å². The smallest absolute Gasteiger partial charge is 0.407 e. The summed E-state index contributed by atoms with van der Waals surface area (Å²) in [6, 6.07) is 18.6. The third-order valence-corrected chi connectivity index (χ3v) is 12.0. The first-order valence-electron chi connectivity index (χ1n) is 19.5. The molecule has 1 saturated heterocycles. The Morgan fingerprint density at radius 1 is 1.03 bits per heavy atom. The number of nitrogens with one attached hydrogen (secondary N) is 4. The molecule has 1 aliphatic heterocycles. The second-order valence-corrected chi connectivity index (χ2v) is 16.8. The first-order valence-corrected chi connectivity index (χ1v) is 21.3. The lowest BCUT2D eigenvalue weighted by Crippen LogP contribution is -2.54. The number of morpholine rings is 1. The summed E-state index contributed by atoms with van der Waals surface area (Å²) in [5, 5.41) is 15.2. The van der Waals surface area contributed by atoms with Crippen LogP contribution in [-0.2, 0) is 40.3 Å². The van der Waals surface area contributed by atoms with Crippen LogP contribution in [0.3, 0.4) is 0 Å². The van der Waals surface area contributed by atoms with Crippen molar-refractivity contribution in [3.8, 4) is 0 Å². The molecular weight excluding hydrogens is 777 g/mol. The number of amides is 6. The molecule has 2 unspecified atom stereocenters. The zero-order valence-electron chi connectivity index (χ0n) is 33.1. The van der Waals surface area contributed by atoms with Gasteiger partial charge in [0.25, 0.3) is 0 Å². The van der Waals surface area contributed by atoms with Gasteiger partial charge >= 0.3 is 18.2 Å². The molecule has 0 radical (unpaired) electrons. The number of allylic oxidation sites excluding steroid dienone is 1. The Kier molecular flexibility index (Phi) is 14.9. The molecule has 1 aliphatic carbocycles. The van der Waals surface area contributed by atoms with Gasteiger partial charge in [-0.05, 0) is 30.4 Å². The highest BCUT2D eigenvalue weighted by Gasteiger charge is 2.61. The summed E-state index contributed by atoms with van der Waals surface area (Å²) < 4.78 is 10.9. The zero-order chi connectivity index (χ0) is 40.9. The number of carbonyl (C=O) groups is 4. The fourth-order valence-corrected chi connectivity index (χ4v) is 8.02. The molecule has 3 atom stereocenters. The van der Waals surface area contributed by atoms with Gasteiger partial charge in [-0.3, -0.25) is 9.78 Å². The molecule has 0 bridgehead atoms. The van der Waals surface area contributed by atoms with Gasteiger partial charge in [-0.1, -0.05) is 80.6 Å². The van der Waals surface area contributed by atoms with E-state index in [4.69, 9.17) is 9.47 Å². The number of nitrogens with zero attached hydrogens (tertiary/aromatic N) is 4. The number of rotatable bonds is 17. The monoisotopic (exact) mass is 828 g/mol. The number of ether oxygens (including phenoxy) is 2.